The van der Waals surface area contributed by atoms with Gasteiger partial charge in [0.25, 0.3) is 0 Å². The largest absolute Gasteiger partial charge is 0.325 e. The van der Waals surface area contributed by atoms with Crippen LogP contribution >= 0.6 is 0 Å². The smallest absolute Gasteiger partial charge is 0.242 e. The van der Waals surface area contributed by atoms with Gasteiger partial charge in [0, 0.05) is 52.5 Å². The molecule has 1 N–H and O–H groups in total. The van der Waals surface area contributed by atoms with Gasteiger partial charge in [-0.1, -0.05) is 48.5 Å². The van der Waals surface area contributed by atoms with Crippen molar-refractivity contribution in [3.8, 4) is 0 Å². The molecule has 0 spiro atoms. The Labute approximate surface area is 202 Å². The molecule has 8 heteroatoms. The molecular weight excluding hydrogens is 448 g/mol. The Kier molecular flexibility index (Phi) is 7.33. The van der Waals surface area contributed by atoms with Crippen LogP contribution in [-0.2, 0) is 21.4 Å². The maximum Gasteiger partial charge on any atom is 0.242 e. The molecule has 0 aliphatic carbocycles. The molecule has 180 valence electrons. The van der Waals surface area contributed by atoms with E-state index in [0.717, 1.165) is 37.0 Å². The van der Waals surface area contributed by atoms with Crippen LogP contribution in [0.25, 0.3) is 10.8 Å². The fourth-order valence-corrected chi connectivity index (χ4v) is 5.29. The maximum absolute atomic E-state index is 12.9. The van der Waals surface area contributed by atoms with Gasteiger partial charge in [0.15, 0.2) is 0 Å². The molecule has 0 radical (unpaired) electrons. The molecule has 1 fully saturated rings. The normalized spacial score (nSPS) is 16.6. The van der Waals surface area contributed by atoms with Crippen LogP contribution in [0.1, 0.15) is 12.5 Å². The van der Waals surface area contributed by atoms with E-state index in [1.54, 1.807) is 12.1 Å². The summed E-state index contributed by atoms with van der Waals surface area (Å²) in [5.74, 6) is -0.137. The first-order valence-corrected chi connectivity index (χ1v) is 13.0. The van der Waals surface area contributed by atoms with Crippen molar-refractivity contribution in [2.75, 3.05) is 45.6 Å². The zero-order valence-electron chi connectivity index (χ0n) is 19.9. The molecule has 7 nitrogen and oxygen atoms in total. The average Bonchev–Trinajstić information content (AvgIpc) is 2.84. The molecule has 3 aromatic carbocycles. The molecule has 1 heterocycles. The number of carbonyl (C=O) groups is 1. The number of nitrogens with zero attached hydrogens (tertiary/aromatic N) is 3. The number of sulfonamides is 1. The minimum Gasteiger partial charge on any atom is -0.325 e. The summed E-state index contributed by atoms with van der Waals surface area (Å²) in [6.45, 7) is 6.16. The predicted octanol–water partition coefficient (Wildman–Crippen LogP) is 3.23. The standard InChI is InChI=1S/C26H32N4O3S/c1-20(26(31)27-23-11-7-12-24(18-23)34(32,33)28(2)3)30-16-14-29(15-17-30)19-22-10-6-9-21-8-4-5-13-25(21)22/h4-13,18,20H,14-17,19H2,1-3H3,(H,27,31). The molecule has 1 saturated heterocycles. The van der Waals surface area contributed by atoms with Crippen molar-refractivity contribution in [1.82, 2.24) is 14.1 Å². The third-order valence-corrected chi connectivity index (χ3v) is 8.30. The van der Waals surface area contributed by atoms with Crippen LogP contribution in [0.15, 0.2) is 71.6 Å². The fraction of sp³-hybridized carbons (Fsp3) is 0.346. The van der Waals surface area contributed by atoms with E-state index in [4.69, 9.17) is 0 Å². The van der Waals surface area contributed by atoms with Gasteiger partial charge in [-0.2, -0.15) is 0 Å². The summed E-state index contributed by atoms with van der Waals surface area (Å²) in [7, 11) is -0.578. The van der Waals surface area contributed by atoms with Crippen LogP contribution in [-0.4, -0.2) is 74.7 Å². The summed E-state index contributed by atoms with van der Waals surface area (Å²) in [4.78, 5) is 17.7. The van der Waals surface area contributed by atoms with E-state index in [9.17, 15) is 13.2 Å². The number of anilines is 1. The molecule has 1 unspecified atom stereocenters. The highest BCUT2D eigenvalue weighted by Gasteiger charge is 2.26. The first kappa shape index (κ1) is 24.3. The molecule has 1 aliphatic heterocycles. The van der Waals surface area contributed by atoms with Gasteiger partial charge in [-0.15, -0.1) is 0 Å². The van der Waals surface area contributed by atoms with Crippen LogP contribution in [0.5, 0.6) is 0 Å². The van der Waals surface area contributed by atoms with E-state index in [1.165, 1.54) is 42.6 Å². The number of amides is 1. The number of piperazine rings is 1. The summed E-state index contributed by atoms with van der Waals surface area (Å²) in [6.07, 6.45) is 0. The van der Waals surface area contributed by atoms with Crippen LogP contribution in [0.4, 0.5) is 5.69 Å². The van der Waals surface area contributed by atoms with Crippen LogP contribution < -0.4 is 5.32 Å². The lowest BCUT2D eigenvalue weighted by Gasteiger charge is -2.37. The van der Waals surface area contributed by atoms with Crippen LogP contribution in [0, 0.1) is 0 Å². The third-order valence-electron chi connectivity index (χ3n) is 6.49. The van der Waals surface area contributed by atoms with Gasteiger partial charge < -0.3 is 5.32 Å². The SMILES string of the molecule is CC(C(=O)Nc1cccc(S(=O)(=O)N(C)C)c1)N1CCN(Cc2cccc3ccccc23)CC1. The van der Waals surface area contributed by atoms with Gasteiger partial charge in [0.1, 0.15) is 0 Å². The highest BCUT2D eigenvalue weighted by atomic mass is 32.2. The highest BCUT2D eigenvalue weighted by Crippen LogP contribution is 2.22. The molecule has 1 amide bonds. The van der Waals surface area contributed by atoms with Gasteiger partial charge in [-0.3, -0.25) is 14.6 Å². The Balaban J connectivity index is 1.34. The molecular formula is C26H32N4O3S. The van der Waals surface area contributed by atoms with Crippen LogP contribution in [0.3, 0.4) is 0 Å². The number of benzene rings is 3. The van der Waals surface area contributed by atoms with Crippen molar-refractivity contribution in [1.29, 1.82) is 0 Å². The number of rotatable bonds is 7. The van der Waals surface area contributed by atoms with Gasteiger partial charge in [0.2, 0.25) is 15.9 Å². The topological polar surface area (TPSA) is 73.0 Å². The summed E-state index contributed by atoms with van der Waals surface area (Å²) < 4.78 is 25.9. The second kappa shape index (κ2) is 10.2. The minimum absolute atomic E-state index is 0.137. The van der Waals surface area contributed by atoms with E-state index in [-0.39, 0.29) is 16.8 Å². The monoisotopic (exact) mass is 480 g/mol. The van der Waals surface area contributed by atoms with Crippen molar-refractivity contribution in [2.45, 2.75) is 24.4 Å². The Bertz CT molecular complexity index is 1260. The first-order valence-electron chi connectivity index (χ1n) is 11.5. The lowest BCUT2D eigenvalue weighted by atomic mass is 10.0. The molecule has 1 aliphatic rings. The molecule has 0 aromatic heterocycles. The lowest BCUT2D eigenvalue weighted by Crippen LogP contribution is -2.52. The number of hydrogen-bond donors (Lipinski definition) is 1. The Morgan fingerprint density at radius 1 is 0.971 bits per heavy atom. The zero-order valence-corrected chi connectivity index (χ0v) is 20.8. The fourth-order valence-electron chi connectivity index (χ4n) is 4.34. The van der Waals surface area contributed by atoms with Gasteiger partial charge >= 0.3 is 0 Å². The van der Waals surface area contributed by atoms with E-state index in [1.807, 2.05) is 6.92 Å². The van der Waals surface area contributed by atoms with Crippen LogP contribution in [0.2, 0.25) is 0 Å². The average molecular weight is 481 g/mol. The van der Waals surface area contributed by atoms with E-state index < -0.39 is 10.0 Å². The first-order chi connectivity index (χ1) is 16.3. The van der Waals surface area contributed by atoms with Crippen molar-refractivity contribution in [3.05, 3.63) is 72.3 Å². The quantitative estimate of drug-likeness (QED) is 0.562. The summed E-state index contributed by atoms with van der Waals surface area (Å²) in [5, 5.41) is 5.43. The molecule has 3 aromatic rings. The number of carbonyl (C=O) groups excluding carboxylic acids is 1. The van der Waals surface area contributed by atoms with Gasteiger partial charge in [-0.25, -0.2) is 12.7 Å². The Hall–Kier alpha value is -2.78. The molecule has 0 bridgehead atoms. The van der Waals surface area contributed by atoms with Gasteiger partial charge in [0.05, 0.1) is 10.9 Å². The predicted molar refractivity (Wildman–Crippen MR) is 136 cm³/mol. The van der Waals surface area contributed by atoms with E-state index >= 15 is 0 Å². The summed E-state index contributed by atoms with van der Waals surface area (Å²) >= 11 is 0. The molecule has 1 atom stereocenters. The Morgan fingerprint density at radius 2 is 1.65 bits per heavy atom. The van der Waals surface area contributed by atoms with Crippen molar-refractivity contribution in [2.24, 2.45) is 0 Å². The maximum atomic E-state index is 12.9. The second-order valence-corrected chi connectivity index (χ2v) is 11.1. The zero-order chi connectivity index (χ0) is 24.3. The lowest BCUT2D eigenvalue weighted by molar-refractivity contribution is -0.121. The Morgan fingerprint density at radius 3 is 2.38 bits per heavy atom. The van der Waals surface area contributed by atoms with E-state index in [2.05, 4.69) is 57.6 Å². The second-order valence-electron chi connectivity index (χ2n) is 8.93. The molecule has 34 heavy (non-hydrogen) atoms. The van der Waals surface area contributed by atoms with Crippen molar-refractivity contribution >= 4 is 32.4 Å². The van der Waals surface area contributed by atoms with Crippen molar-refractivity contribution in [3.63, 3.8) is 0 Å². The van der Waals surface area contributed by atoms with Crippen molar-refractivity contribution < 1.29 is 13.2 Å². The number of fused-ring (bicyclic) bond motifs is 1. The van der Waals surface area contributed by atoms with Gasteiger partial charge in [-0.05, 0) is 41.5 Å². The minimum atomic E-state index is -3.56. The third kappa shape index (κ3) is 5.31. The van der Waals surface area contributed by atoms with E-state index in [0.29, 0.717) is 5.69 Å². The molecule has 0 saturated carbocycles. The number of nitrogens with one attached hydrogen (secondary N) is 1. The summed E-state index contributed by atoms with van der Waals surface area (Å²) in [5.41, 5.74) is 1.80. The summed E-state index contributed by atoms with van der Waals surface area (Å²) in [6, 6.07) is 21.0. The number of hydrogen-bond acceptors (Lipinski definition) is 5. The highest BCUT2D eigenvalue weighted by molar-refractivity contribution is 7.89. The molecule has 4 rings (SSSR count).